The SMILES string of the molecule is CCCNC(c1ccco1)c1ccc(Cl)c2ccccc12. The predicted molar refractivity (Wildman–Crippen MR) is 87.8 cm³/mol. The second kappa shape index (κ2) is 6.33. The van der Waals surface area contributed by atoms with E-state index in [0.717, 1.165) is 34.5 Å². The average molecular weight is 300 g/mol. The molecule has 21 heavy (non-hydrogen) atoms. The second-order valence-corrected chi connectivity index (χ2v) is 5.49. The molecule has 3 aromatic rings. The van der Waals surface area contributed by atoms with Gasteiger partial charge in [0, 0.05) is 10.4 Å². The van der Waals surface area contributed by atoms with Gasteiger partial charge in [0.2, 0.25) is 0 Å². The summed E-state index contributed by atoms with van der Waals surface area (Å²) in [6.07, 6.45) is 2.79. The molecule has 1 aromatic heterocycles. The summed E-state index contributed by atoms with van der Waals surface area (Å²) in [5.74, 6) is 0.927. The third-order valence-electron chi connectivity index (χ3n) is 3.64. The van der Waals surface area contributed by atoms with Crippen molar-refractivity contribution >= 4 is 22.4 Å². The van der Waals surface area contributed by atoms with Gasteiger partial charge >= 0.3 is 0 Å². The minimum absolute atomic E-state index is 0.0436. The third-order valence-corrected chi connectivity index (χ3v) is 3.97. The molecule has 0 aliphatic carbocycles. The molecule has 0 aliphatic rings. The minimum Gasteiger partial charge on any atom is -0.467 e. The van der Waals surface area contributed by atoms with Gasteiger partial charge in [-0.05, 0) is 42.1 Å². The molecule has 2 aromatic carbocycles. The molecule has 0 bridgehead atoms. The first-order valence-electron chi connectivity index (χ1n) is 7.25. The van der Waals surface area contributed by atoms with Crippen molar-refractivity contribution in [3.8, 4) is 0 Å². The van der Waals surface area contributed by atoms with E-state index in [1.165, 1.54) is 5.56 Å². The molecule has 2 nitrogen and oxygen atoms in total. The number of fused-ring (bicyclic) bond motifs is 1. The molecule has 0 saturated heterocycles. The van der Waals surface area contributed by atoms with E-state index in [9.17, 15) is 0 Å². The van der Waals surface area contributed by atoms with Crippen molar-refractivity contribution in [1.82, 2.24) is 5.32 Å². The van der Waals surface area contributed by atoms with Gasteiger partial charge in [0.25, 0.3) is 0 Å². The molecule has 0 fully saturated rings. The maximum atomic E-state index is 6.32. The topological polar surface area (TPSA) is 25.2 Å². The van der Waals surface area contributed by atoms with Gasteiger partial charge in [0.05, 0.1) is 12.3 Å². The fraction of sp³-hybridized carbons (Fsp3) is 0.222. The number of furan rings is 1. The van der Waals surface area contributed by atoms with Crippen LogP contribution in [0.15, 0.2) is 59.2 Å². The van der Waals surface area contributed by atoms with Crippen LogP contribution in [-0.4, -0.2) is 6.54 Å². The summed E-state index contributed by atoms with van der Waals surface area (Å²) in [7, 11) is 0. The largest absolute Gasteiger partial charge is 0.467 e. The summed E-state index contributed by atoms with van der Waals surface area (Å²) in [5.41, 5.74) is 1.19. The highest BCUT2D eigenvalue weighted by molar-refractivity contribution is 6.35. The van der Waals surface area contributed by atoms with E-state index in [1.54, 1.807) is 6.26 Å². The number of rotatable bonds is 5. The Labute approximate surface area is 129 Å². The molecule has 108 valence electrons. The van der Waals surface area contributed by atoms with Gasteiger partial charge in [-0.3, -0.25) is 0 Å². The van der Waals surface area contributed by atoms with Crippen LogP contribution in [0, 0.1) is 0 Å². The molecule has 0 spiro atoms. The highest BCUT2D eigenvalue weighted by atomic mass is 35.5. The molecule has 3 heteroatoms. The van der Waals surface area contributed by atoms with Gasteiger partial charge in [-0.25, -0.2) is 0 Å². The van der Waals surface area contributed by atoms with E-state index in [0.29, 0.717) is 0 Å². The van der Waals surface area contributed by atoms with Crippen molar-refractivity contribution in [3.05, 3.63) is 71.1 Å². The van der Waals surface area contributed by atoms with E-state index in [-0.39, 0.29) is 6.04 Å². The van der Waals surface area contributed by atoms with Gasteiger partial charge in [-0.1, -0.05) is 48.9 Å². The predicted octanol–water partition coefficient (Wildman–Crippen LogP) is 5.18. The Kier molecular flexibility index (Phi) is 4.28. The van der Waals surface area contributed by atoms with Crippen molar-refractivity contribution in [3.63, 3.8) is 0 Å². The van der Waals surface area contributed by atoms with Gasteiger partial charge in [-0.2, -0.15) is 0 Å². The van der Waals surface area contributed by atoms with Crippen LogP contribution < -0.4 is 5.32 Å². The zero-order valence-corrected chi connectivity index (χ0v) is 12.7. The second-order valence-electron chi connectivity index (χ2n) is 5.08. The van der Waals surface area contributed by atoms with E-state index in [2.05, 4.69) is 30.4 Å². The Morgan fingerprint density at radius 2 is 1.86 bits per heavy atom. The van der Waals surface area contributed by atoms with Gasteiger partial charge in [0.15, 0.2) is 0 Å². The van der Waals surface area contributed by atoms with Gasteiger partial charge in [-0.15, -0.1) is 0 Å². The summed E-state index contributed by atoms with van der Waals surface area (Å²) < 4.78 is 5.63. The van der Waals surface area contributed by atoms with Crippen LogP contribution in [0.3, 0.4) is 0 Å². The van der Waals surface area contributed by atoms with Crippen LogP contribution in [0.2, 0.25) is 5.02 Å². The van der Waals surface area contributed by atoms with Crippen molar-refractivity contribution < 1.29 is 4.42 Å². The minimum atomic E-state index is 0.0436. The summed E-state index contributed by atoms with van der Waals surface area (Å²) in [5, 5.41) is 6.58. The molecule has 1 atom stereocenters. The first kappa shape index (κ1) is 14.2. The lowest BCUT2D eigenvalue weighted by atomic mass is 9.97. The Balaban J connectivity index is 2.13. The van der Waals surface area contributed by atoms with Crippen molar-refractivity contribution in [2.24, 2.45) is 0 Å². The van der Waals surface area contributed by atoms with Gasteiger partial charge < -0.3 is 9.73 Å². The molecule has 0 aliphatic heterocycles. The maximum Gasteiger partial charge on any atom is 0.125 e. The molecule has 3 rings (SSSR count). The monoisotopic (exact) mass is 299 g/mol. The molecular formula is C18H18ClNO. The van der Waals surface area contributed by atoms with Gasteiger partial charge in [0.1, 0.15) is 5.76 Å². The first-order valence-corrected chi connectivity index (χ1v) is 7.63. The smallest absolute Gasteiger partial charge is 0.125 e. The summed E-state index contributed by atoms with van der Waals surface area (Å²) in [6.45, 7) is 3.09. The van der Waals surface area contributed by atoms with Crippen LogP contribution >= 0.6 is 11.6 Å². The molecule has 0 radical (unpaired) electrons. The summed E-state index contributed by atoms with van der Waals surface area (Å²) in [4.78, 5) is 0. The number of halogens is 1. The van der Waals surface area contributed by atoms with Crippen LogP contribution in [-0.2, 0) is 0 Å². The zero-order chi connectivity index (χ0) is 14.7. The van der Waals surface area contributed by atoms with Crippen LogP contribution in [0.1, 0.15) is 30.7 Å². The van der Waals surface area contributed by atoms with Crippen molar-refractivity contribution in [2.75, 3.05) is 6.54 Å². The molecule has 1 N–H and O–H groups in total. The normalized spacial score (nSPS) is 12.7. The van der Waals surface area contributed by atoms with Crippen molar-refractivity contribution in [2.45, 2.75) is 19.4 Å². The Morgan fingerprint density at radius 1 is 1.05 bits per heavy atom. The van der Waals surface area contributed by atoms with E-state index in [1.807, 2.05) is 30.3 Å². The van der Waals surface area contributed by atoms with Crippen molar-refractivity contribution in [1.29, 1.82) is 0 Å². The van der Waals surface area contributed by atoms with Crippen LogP contribution in [0.25, 0.3) is 10.8 Å². The number of benzene rings is 2. The number of hydrogen-bond donors (Lipinski definition) is 1. The summed E-state index contributed by atoms with van der Waals surface area (Å²) >= 11 is 6.32. The van der Waals surface area contributed by atoms with E-state index >= 15 is 0 Å². The fourth-order valence-electron chi connectivity index (χ4n) is 2.65. The molecule has 1 unspecified atom stereocenters. The Bertz CT molecular complexity index is 721. The Hall–Kier alpha value is -1.77. The van der Waals surface area contributed by atoms with Crippen LogP contribution in [0.5, 0.6) is 0 Å². The van der Waals surface area contributed by atoms with Crippen LogP contribution in [0.4, 0.5) is 0 Å². The highest BCUT2D eigenvalue weighted by Crippen LogP contribution is 2.33. The average Bonchev–Trinajstić information content (AvgIpc) is 3.04. The highest BCUT2D eigenvalue weighted by Gasteiger charge is 2.19. The lowest BCUT2D eigenvalue weighted by Crippen LogP contribution is -2.23. The van der Waals surface area contributed by atoms with E-state index in [4.69, 9.17) is 16.0 Å². The van der Waals surface area contributed by atoms with E-state index < -0.39 is 0 Å². The quantitative estimate of drug-likeness (QED) is 0.702. The Morgan fingerprint density at radius 3 is 2.57 bits per heavy atom. The maximum absolute atomic E-state index is 6.32. The number of hydrogen-bond acceptors (Lipinski definition) is 2. The lowest BCUT2D eigenvalue weighted by molar-refractivity contribution is 0.448. The zero-order valence-electron chi connectivity index (χ0n) is 12.0. The first-order chi connectivity index (χ1) is 10.3. The standard InChI is InChI=1S/C18H18ClNO/c1-2-11-20-18(17-8-5-12-21-17)15-9-10-16(19)14-7-4-3-6-13(14)15/h3-10,12,18,20H,2,11H2,1H3. The molecule has 0 amide bonds. The summed E-state index contributed by atoms with van der Waals surface area (Å²) in [6, 6.07) is 16.2. The molecule has 1 heterocycles. The fourth-order valence-corrected chi connectivity index (χ4v) is 2.87. The number of nitrogens with one attached hydrogen (secondary N) is 1. The molecular weight excluding hydrogens is 282 g/mol. The molecule has 0 saturated carbocycles. The lowest BCUT2D eigenvalue weighted by Gasteiger charge is -2.19. The third kappa shape index (κ3) is 2.82.